The second-order valence-corrected chi connectivity index (χ2v) is 1.97. The summed E-state index contributed by atoms with van der Waals surface area (Å²) in [5, 5.41) is 16.9. The van der Waals surface area contributed by atoms with E-state index < -0.39 is 6.10 Å². The van der Waals surface area contributed by atoms with Crippen molar-refractivity contribution in [3.63, 3.8) is 0 Å². The topological polar surface area (TPSA) is 57.5 Å². The molecule has 0 fully saturated rings. The summed E-state index contributed by atoms with van der Waals surface area (Å²) < 4.78 is 0. The fraction of sp³-hybridized carbons (Fsp3) is 0.833. The number of aliphatic hydroxyl groups excluding tert-OH is 2. The number of aliphatic hydroxyl groups is 2. The van der Waals surface area contributed by atoms with Crippen LogP contribution in [0.5, 0.6) is 0 Å². The van der Waals surface area contributed by atoms with Gasteiger partial charge in [-0.15, -0.1) is 0 Å². The van der Waals surface area contributed by atoms with E-state index in [0.29, 0.717) is 6.42 Å². The van der Waals surface area contributed by atoms with Gasteiger partial charge in [0.1, 0.15) is 6.10 Å². The molecule has 2 N–H and O–H groups in total. The lowest BCUT2D eigenvalue weighted by Gasteiger charge is -1.99. The zero-order valence-corrected chi connectivity index (χ0v) is 5.50. The molecule has 0 amide bonds. The summed E-state index contributed by atoms with van der Waals surface area (Å²) in [4.78, 5) is 10.5. The SMILES string of the molecule is CC(O)C(=O)CCCO. The number of carbonyl (C=O) groups excluding carboxylic acids is 1. The molecule has 0 radical (unpaired) electrons. The molecule has 3 nitrogen and oxygen atoms in total. The van der Waals surface area contributed by atoms with E-state index in [1.807, 2.05) is 0 Å². The number of hydrogen-bond donors (Lipinski definition) is 2. The molecule has 0 aromatic carbocycles. The lowest BCUT2D eigenvalue weighted by Crippen LogP contribution is -2.15. The number of ketones is 1. The normalized spacial score (nSPS) is 13.2. The van der Waals surface area contributed by atoms with Gasteiger partial charge in [-0.25, -0.2) is 0 Å². The van der Waals surface area contributed by atoms with Crippen LogP contribution < -0.4 is 0 Å². The Morgan fingerprint density at radius 3 is 2.56 bits per heavy atom. The number of carbonyl (C=O) groups is 1. The summed E-state index contributed by atoms with van der Waals surface area (Å²) in [7, 11) is 0. The molecular weight excluding hydrogens is 120 g/mol. The Hall–Kier alpha value is -0.410. The molecule has 1 atom stereocenters. The van der Waals surface area contributed by atoms with Crippen molar-refractivity contribution in [2.24, 2.45) is 0 Å². The van der Waals surface area contributed by atoms with Crippen molar-refractivity contribution in [2.75, 3.05) is 6.61 Å². The van der Waals surface area contributed by atoms with E-state index in [4.69, 9.17) is 10.2 Å². The minimum Gasteiger partial charge on any atom is -0.396 e. The fourth-order valence-electron chi connectivity index (χ4n) is 0.462. The molecule has 0 aliphatic heterocycles. The van der Waals surface area contributed by atoms with Crippen LogP contribution in [-0.4, -0.2) is 28.7 Å². The summed E-state index contributed by atoms with van der Waals surface area (Å²) in [5.74, 6) is -0.205. The van der Waals surface area contributed by atoms with E-state index in [1.54, 1.807) is 0 Å². The quantitative estimate of drug-likeness (QED) is 0.552. The second-order valence-electron chi connectivity index (χ2n) is 1.97. The van der Waals surface area contributed by atoms with Gasteiger partial charge in [-0.05, 0) is 13.3 Å². The summed E-state index contributed by atoms with van der Waals surface area (Å²) in [5.41, 5.74) is 0. The summed E-state index contributed by atoms with van der Waals surface area (Å²) in [6, 6.07) is 0. The van der Waals surface area contributed by atoms with Gasteiger partial charge in [0.25, 0.3) is 0 Å². The standard InChI is InChI=1S/C6H12O3/c1-5(8)6(9)3-2-4-7/h5,7-8H,2-4H2,1H3. The maximum Gasteiger partial charge on any atom is 0.161 e. The first-order valence-electron chi connectivity index (χ1n) is 3.00. The Morgan fingerprint density at radius 1 is 1.67 bits per heavy atom. The third-order valence-electron chi connectivity index (χ3n) is 1.05. The third kappa shape index (κ3) is 4.12. The van der Waals surface area contributed by atoms with Crippen molar-refractivity contribution in [1.82, 2.24) is 0 Å². The average molecular weight is 132 g/mol. The maximum atomic E-state index is 10.5. The molecule has 9 heavy (non-hydrogen) atoms. The highest BCUT2D eigenvalue weighted by molar-refractivity contribution is 5.82. The largest absolute Gasteiger partial charge is 0.396 e. The van der Waals surface area contributed by atoms with E-state index in [9.17, 15) is 4.79 Å². The highest BCUT2D eigenvalue weighted by Crippen LogP contribution is 1.93. The van der Waals surface area contributed by atoms with Crippen molar-refractivity contribution < 1.29 is 15.0 Å². The summed E-state index contributed by atoms with van der Waals surface area (Å²) >= 11 is 0. The van der Waals surface area contributed by atoms with Crippen LogP contribution in [0.4, 0.5) is 0 Å². The molecule has 54 valence electrons. The average Bonchev–Trinajstić information content (AvgIpc) is 1.82. The first-order valence-corrected chi connectivity index (χ1v) is 3.00. The highest BCUT2D eigenvalue weighted by atomic mass is 16.3. The van der Waals surface area contributed by atoms with Crippen LogP contribution in [0.2, 0.25) is 0 Å². The first kappa shape index (κ1) is 8.59. The Labute approximate surface area is 54.3 Å². The van der Waals surface area contributed by atoms with Crippen molar-refractivity contribution >= 4 is 5.78 Å². The minimum absolute atomic E-state index is 0.0124. The van der Waals surface area contributed by atoms with Crippen molar-refractivity contribution in [1.29, 1.82) is 0 Å². The summed E-state index contributed by atoms with van der Waals surface area (Å²) in [6.07, 6.45) is -0.158. The van der Waals surface area contributed by atoms with Gasteiger partial charge in [-0.3, -0.25) is 4.79 Å². The molecule has 0 aromatic heterocycles. The molecule has 0 spiro atoms. The van der Waals surface area contributed by atoms with Crippen LogP contribution in [0.1, 0.15) is 19.8 Å². The van der Waals surface area contributed by atoms with E-state index in [2.05, 4.69) is 0 Å². The van der Waals surface area contributed by atoms with Gasteiger partial charge in [-0.2, -0.15) is 0 Å². The van der Waals surface area contributed by atoms with Crippen LogP contribution >= 0.6 is 0 Å². The van der Waals surface area contributed by atoms with Crippen LogP contribution in [0.3, 0.4) is 0 Å². The predicted molar refractivity (Wildman–Crippen MR) is 33.0 cm³/mol. The molecule has 0 aromatic rings. The first-order chi connectivity index (χ1) is 4.18. The smallest absolute Gasteiger partial charge is 0.161 e. The van der Waals surface area contributed by atoms with Gasteiger partial charge in [-0.1, -0.05) is 0 Å². The van der Waals surface area contributed by atoms with Crippen molar-refractivity contribution in [2.45, 2.75) is 25.9 Å². The van der Waals surface area contributed by atoms with Gasteiger partial charge < -0.3 is 10.2 Å². The van der Waals surface area contributed by atoms with Gasteiger partial charge in [0.2, 0.25) is 0 Å². The molecule has 3 heteroatoms. The van der Waals surface area contributed by atoms with Crippen LogP contribution in [0, 0.1) is 0 Å². The van der Waals surface area contributed by atoms with Gasteiger partial charge >= 0.3 is 0 Å². The van der Waals surface area contributed by atoms with E-state index in [1.165, 1.54) is 6.92 Å². The van der Waals surface area contributed by atoms with Crippen LogP contribution in [-0.2, 0) is 4.79 Å². The fourth-order valence-corrected chi connectivity index (χ4v) is 0.462. The molecule has 0 saturated carbocycles. The maximum absolute atomic E-state index is 10.5. The lowest BCUT2D eigenvalue weighted by molar-refractivity contribution is -0.126. The molecule has 1 unspecified atom stereocenters. The number of hydrogen-bond acceptors (Lipinski definition) is 3. The Balaban J connectivity index is 3.28. The minimum atomic E-state index is -0.878. The van der Waals surface area contributed by atoms with Crippen molar-refractivity contribution in [3.8, 4) is 0 Å². The van der Waals surface area contributed by atoms with Gasteiger partial charge in [0.15, 0.2) is 5.78 Å². The third-order valence-corrected chi connectivity index (χ3v) is 1.05. The zero-order valence-electron chi connectivity index (χ0n) is 5.50. The van der Waals surface area contributed by atoms with E-state index in [-0.39, 0.29) is 18.8 Å². The number of Topliss-reactive ketones (excluding diaryl/α,β-unsaturated/α-hetero) is 1. The Bertz CT molecular complexity index is 88.3. The molecule has 0 saturated heterocycles. The molecule has 0 bridgehead atoms. The molecule has 0 rings (SSSR count). The molecule has 0 aliphatic rings. The highest BCUT2D eigenvalue weighted by Gasteiger charge is 2.06. The summed E-state index contributed by atoms with van der Waals surface area (Å²) in [6.45, 7) is 1.44. The van der Waals surface area contributed by atoms with Crippen LogP contribution in [0.25, 0.3) is 0 Å². The molecule has 0 heterocycles. The van der Waals surface area contributed by atoms with Gasteiger partial charge in [0.05, 0.1) is 0 Å². The second kappa shape index (κ2) is 4.47. The Morgan fingerprint density at radius 2 is 2.22 bits per heavy atom. The van der Waals surface area contributed by atoms with Crippen LogP contribution in [0.15, 0.2) is 0 Å². The Kier molecular flexibility index (Phi) is 4.26. The van der Waals surface area contributed by atoms with Crippen molar-refractivity contribution in [3.05, 3.63) is 0 Å². The molecular formula is C6H12O3. The van der Waals surface area contributed by atoms with E-state index in [0.717, 1.165) is 0 Å². The monoisotopic (exact) mass is 132 g/mol. The molecule has 0 aliphatic carbocycles. The van der Waals surface area contributed by atoms with E-state index >= 15 is 0 Å². The number of rotatable bonds is 4. The predicted octanol–water partition coefficient (Wildman–Crippen LogP) is -0.291. The zero-order chi connectivity index (χ0) is 7.28. The lowest BCUT2D eigenvalue weighted by atomic mass is 10.1. The van der Waals surface area contributed by atoms with Gasteiger partial charge in [0, 0.05) is 13.0 Å².